The summed E-state index contributed by atoms with van der Waals surface area (Å²) in [4.78, 5) is 20.1. The maximum absolute atomic E-state index is 12.4. The summed E-state index contributed by atoms with van der Waals surface area (Å²) >= 11 is 5.82. The largest absolute Gasteiger partial charge is 0.468 e. The van der Waals surface area contributed by atoms with Crippen molar-refractivity contribution in [1.29, 1.82) is 0 Å². The third-order valence-corrected chi connectivity index (χ3v) is 3.74. The first-order valence-electron chi connectivity index (χ1n) is 7.83. The summed E-state index contributed by atoms with van der Waals surface area (Å²) in [7, 11) is 0. The molecule has 1 atom stereocenters. The summed E-state index contributed by atoms with van der Waals surface area (Å²) in [5, 5.41) is 11.9. The fraction of sp³-hybridized carbons (Fsp3) is 0.353. The number of ether oxygens (including phenoxy) is 1. The Bertz CT molecular complexity index is 831. The molecule has 0 fully saturated rings. The van der Waals surface area contributed by atoms with Crippen molar-refractivity contribution in [3.05, 3.63) is 51.9 Å². The van der Waals surface area contributed by atoms with Gasteiger partial charge in [-0.05, 0) is 37.6 Å². The van der Waals surface area contributed by atoms with Crippen molar-refractivity contribution >= 4 is 17.5 Å². The van der Waals surface area contributed by atoms with Gasteiger partial charge >= 0.3 is 6.18 Å². The molecule has 6 nitrogen and oxygen atoms in total. The van der Waals surface area contributed by atoms with Crippen molar-refractivity contribution in [3.8, 4) is 5.88 Å². The first-order valence-corrected chi connectivity index (χ1v) is 8.21. The molecular formula is C17H17ClF3N3O3. The lowest BCUT2D eigenvalue weighted by molar-refractivity contribution is -0.154. The van der Waals surface area contributed by atoms with Crippen LogP contribution in [0.1, 0.15) is 40.1 Å². The normalized spacial score (nSPS) is 12.6. The Morgan fingerprint density at radius 2 is 2.07 bits per heavy atom. The average Bonchev–Trinajstić information content (AvgIpc) is 2.59. The van der Waals surface area contributed by atoms with Gasteiger partial charge in [-0.25, -0.2) is 9.97 Å². The molecule has 27 heavy (non-hydrogen) atoms. The second-order valence-electron chi connectivity index (χ2n) is 5.82. The smallest absolute Gasteiger partial charge is 0.422 e. The number of aliphatic hydroxyl groups is 1. The van der Waals surface area contributed by atoms with Gasteiger partial charge in [0.2, 0.25) is 5.88 Å². The molecule has 2 aromatic rings. The second-order valence-corrected chi connectivity index (χ2v) is 6.20. The zero-order valence-corrected chi connectivity index (χ0v) is 15.2. The van der Waals surface area contributed by atoms with E-state index in [1.165, 1.54) is 18.3 Å². The van der Waals surface area contributed by atoms with E-state index >= 15 is 0 Å². The predicted molar refractivity (Wildman–Crippen MR) is 91.6 cm³/mol. The van der Waals surface area contributed by atoms with E-state index in [1.54, 1.807) is 19.9 Å². The van der Waals surface area contributed by atoms with Crippen molar-refractivity contribution < 1.29 is 27.8 Å². The van der Waals surface area contributed by atoms with Gasteiger partial charge < -0.3 is 15.2 Å². The van der Waals surface area contributed by atoms with Crippen molar-refractivity contribution in [2.45, 2.75) is 32.7 Å². The van der Waals surface area contributed by atoms with Crippen LogP contribution in [0.15, 0.2) is 24.4 Å². The highest BCUT2D eigenvalue weighted by Gasteiger charge is 2.29. The zero-order chi connectivity index (χ0) is 20.2. The van der Waals surface area contributed by atoms with E-state index in [4.69, 9.17) is 16.7 Å². The van der Waals surface area contributed by atoms with Gasteiger partial charge in [0.05, 0.1) is 18.3 Å². The summed E-state index contributed by atoms with van der Waals surface area (Å²) in [6.07, 6.45) is -3.12. The van der Waals surface area contributed by atoms with Crippen LogP contribution in [-0.4, -0.2) is 33.8 Å². The topological polar surface area (TPSA) is 84.3 Å². The van der Waals surface area contributed by atoms with E-state index in [0.717, 1.165) is 0 Å². The van der Waals surface area contributed by atoms with Crippen molar-refractivity contribution in [2.24, 2.45) is 0 Å². The summed E-state index contributed by atoms with van der Waals surface area (Å²) < 4.78 is 41.4. The number of amides is 1. The summed E-state index contributed by atoms with van der Waals surface area (Å²) in [5.74, 6) is -0.570. The van der Waals surface area contributed by atoms with Crippen LogP contribution in [0.2, 0.25) is 5.15 Å². The van der Waals surface area contributed by atoms with Gasteiger partial charge in [0.15, 0.2) is 6.61 Å². The summed E-state index contributed by atoms with van der Waals surface area (Å²) in [5.41, 5.74) is 1.47. The monoisotopic (exact) mass is 403 g/mol. The number of hydrogen-bond donors (Lipinski definition) is 2. The Labute approximate surface area is 158 Å². The number of rotatable bonds is 6. The molecule has 0 spiro atoms. The number of hydrogen-bond acceptors (Lipinski definition) is 5. The van der Waals surface area contributed by atoms with Gasteiger partial charge in [0, 0.05) is 17.3 Å². The standard InChI is InChI=1S/C17H17ClF3N3O3/c1-9-3-12(6-22-16(9)27-8-17(19,20)21)10(2)23-15(26)11-4-13(7-25)24-14(18)5-11/h3-6,10,25H,7-8H2,1-2H3,(H,23,26). The van der Waals surface area contributed by atoms with Gasteiger partial charge in [-0.15, -0.1) is 0 Å². The molecule has 0 bridgehead atoms. The molecule has 0 aliphatic heterocycles. The van der Waals surface area contributed by atoms with E-state index < -0.39 is 24.7 Å². The van der Waals surface area contributed by atoms with Crippen molar-refractivity contribution in [2.75, 3.05) is 6.61 Å². The third kappa shape index (κ3) is 6.07. The molecule has 10 heteroatoms. The molecule has 1 unspecified atom stereocenters. The average molecular weight is 404 g/mol. The van der Waals surface area contributed by atoms with Gasteiger partial charge in [-0.3, -0.25) is 4.79 Å². The molecule has 0 radical (unpaired) electrons. The fourth-order valence-corrected chi connectivity index (χ4v) is 2.47. The maximum Gasteiger partial charge on any atom is 0.422 e. The highest BCUT2D eigenvalue weighted by molar-refractivity contribution is 6.29. The lowest BCUT2D eigenvalue weighted by Gasteiger charge is -2.16. The second kappa shape index (κ2) is 8.53. The Morgan fingerprint density at radius 3 is 2.67 bits per heavy atom. The first kappa shape index (κ1) is 20.9. The number of carbonyl (C=O) groups excluding carboxylic acids is 1. The molecule has 0 aromatic carbocycles. The van der Waals surface area contributed by atoms with Crippen LogP contribution in [0.5, 0.6) is 5.88 Å². The summed E-state index contributed by atoms with van der Waals surface area (Å²) in [6, 6.07) is 3.87. The lowest BCUT2D eigenvalue weighted by Crippen LogP contribution is -2.27. The third-order valence-electron chi connectivity index (χ3n) is 3.54. The highest BCUT2D eigenvalue weighted by Crippen LogP contribution is 2.23. The minimum atomic E-state index is -4.45. The Morgan fingerprint density at radius 1 is 1.37 bits per heavy atom. The maximum atomic E-state index is 12.4. The van der Waals surface area contributed by atoms with E-state index in [1.807, 2.05) is 0 Å². The molecule has 0 aliphatic carbocycles. The Balaban J connectivity index is 2.09. The van der Waals surface area contributed by atoms with E-state index in [9.17, 15) is 18.0 Å². The number of pyridine rings is 2. The number of halogens is 4. The number of aryl methyl sites for hydroxylation is 1. The number of carbonyl (C=O) groups is 1. The van der Waals surface area contributed by atoms with Crippen LogP contribution < -0.4 is 10.1 Å². The zero-order valence-electron chi connectivity index (χ0n) is 14.5. The van der Waals surface area contributed by atoms with Crippen LogP contribution in [0.4, 0.5) is 13.2 Å². The fourth-order valence-electron chi connectivity index (χ4n) is 2.25. The molecule has 146 valence electrons. The van der Waals surface area contributed by atoms with Gasteiger partial charge in [0.25, 0.3) is 5.91 Å². The van der Waals surface area contributed by atoms with Gasteiger partial charge in [0.1, 0.15) is 5.15 Å². The number of nitrogens with zero attached hydrogens (tertiary/aromatic N) is 2. The van der Waals surface area contributed by atoms with Crippen molar-refractivity contribution in [1.82, 2.24) is 15.3 Å². The van der Waals surface area contributed by atoms with E-state index in [-0.39, 0.29) is 28.9 Å². The number of aliphatic hydroxyl groups excluding tert-OH is 1. The van der Waals surface area contributed by atoms with E-state index in [2.05, 4.69) is 20.0 Å². The van der Waals surface area contributed by atoms with E-state index in [0.29, 0.717) is 11.1 Å². The molecule has 1 amide bonds. The van der Waals surface area contributed by atoms with Gasteiger partial charge in [-0.2, -0.15) is 13.2 Å². The van der Waals surface area contributed by atoms with Gasteiger partial charge in [-0.1, -0.05) is 11.6 Å². The summed E-state index contributed by atoms with van der Waals surface area (Å²) in [6.45, 7) is 1.47. The molecule has 2 N–H and O–H groups in total. The van der Waals surface area contributed by atoms with Crippen LogP contribution >= 0.6 is 11.6 Å². The lowest BCUT2D eigenvalue weighted by atomic mass is 10.1. The Hall–Kier alpha value is -2.39. The molecule has 2 heterocycles. The van der Waals surface area contributed by atoms with Crippen LogP contribution in [-0.2, 0) is 6.61 Å². The number of aromatic nitrogens is 2. The predicted octanol–water partition coefficient (Wildman–Crippen LogP) is 3.36. The van der Waals surface area contributed by atoms with Crippen molar-refractivity contribution in [3.63, 3.8) is 0 Å². The molecule has 0 saturated heterocycles. The molecule has 0 aliphatic rings. The first-order chi connectivity index (χ1) is 12.6. The minimum Gasteiger partial charge on any atom is -0.468 e. The van der Waals surface area contributed by atoms with Crippen LogP contribution in [0.3, 0.4) is 0 Å². The minimum absolute atomic E-state index is 0.0723. The van der Waals surface area contributed by atoms with Crippen LogP contribution in [0.25, 0.3) is 0 Å². The molecule has 0 saturated carbocycles. The van der Waals surface area contributed by atoms with Crippen LogP contribution in [0, 0.1) is 6.92 Å². The quantitative estimate of drug-likeness (QED) is 0.722. The molecular weight excluding hydrogens is 387 g/mol. The number of alkyl halides is 3. The molecule has 2 rings (SSSR count). The SMILES string of the molecule is Cc1cc(C(C)NC(=O)c2cc(Cl)nc(CO)c2)cnc1OCC(F)(F)F. The Kier molecular flexibility index (Phi) is 6.61. The number of nitrogens with one attached hydrogen (secondary N) is 1. The highest BCUT2D eigenvalue weighted by atomic mass is 35.5. The molecule has 2 aromatic heterocycles.